The molecule has 0 saturated carbocycles. The van der Waals surface area contributed by atoms with Crippen LogP contribution in [0.25, 0.3) is 0 Å². The highest BCUT2D eigenvalue weighted by Crippen LogP contribution is 2.17. The average molecular weight is 311 g/mol. The number of rotatable bonds is 4. The van der Waals surface area contributed by atoms with Gasteiger partial charge in [0.1, 0.15) is 5.82 Å². The number of likely N-dealkylation sites (N-methyl/N-ethyl adjacent to an activating group) is 1. The van der Waals surface area contributed by atoms with E-state index in [2.05, 4.69) is 10.2 Å². The van der Waals surface area contributed by atoms with Crippen LogP contribution in [0.4, 0.5) is 4.39 Å². The molecule has 2 N–H and O–H groups in total. The topological polar surface area (TPSA) is 35.5 Å². The molecule has 0 radical (unpaired) electrons. The predicted molar refractivity (Wildman–Crippen MR) is 79.8 cm³/mol. The maximum absolute atomic E-state index is 12.8. The third-order valence-electron chi connectivity index (χ3n) is 3.31. The second-order valence-corrected chi connectivity index (χ2v) is 4.59. The molecule has 1 saturated heterocycles. The molecule has 1 aromatic rings. The first-order chi connectivity index (χ1) is 8.19. The summed E-state index contributed by atoms with van der Waals surface area (Å²) >= 11 is 0. The van der Waals surface area contributed by atoms with E-state index in [1.165, 1.54) is 12.1 Å². The van der Waals surface area contributed by atoms with Gasteiger partial charge < -0.3 is 10.4 Å². The van der Waals surface area contributed by atoms with Crippen LogP contribution in [0.15, 0.2) is 24.3 Å². The highest BCUT2D eigenvalue weighted by molar-refractivity contribution is 5.85. The summed E-state index contributed by atoms with van der Waals surface area (Å²) in [6.07, 6.45) is 0.653. The van der Waals surface area contributed by atoms with E-state index >= 15 is 0 Å². The zero-order chi connectivity index (χ0) is 12.3. The van der Waals surface area contributed by atoms with Crippen molar-refractivity contribution >= 4 is 24.8 Å². The first-order valence-corrected chi connectivity index (χ1v) is 6.02. The van der Waals surface area contributed by atoms with Crippen molar-refractivity contribution in [2.45, 2.75) is 18.6 Å². The Morgan fingerprint density at radius 1 is 1.37 bits per heavy atom. The van der Waals surface area contributed by atoms with Crippen LogP contribution in [-0.4, -0.2) is 42.8 Å². The van der Waals surface area contributed by atoms with E-state index < -0.39 is 0 Å². The molecule has 0 spiro atoms. The summed E-state index contributed by atoms with van der Waals surface area (Å²) in [6, 6.07) is 6.77. The molecule has 2 rings (SSSR count). The van der Waals surface area contributed by atoms with Gasteiger partial charge in [-0.3, -0.25) is 4.90 Å². The molecule has 0 bridgehead atoms. The van der Waals surface area contributed by atoms with Crippen molar-refractivity contribution in [1.82, 2.24) is 10.2 Å². The Balaban J connectivity index is 0.00000162. The smallest absolute Gasteiger partial charge is 0.123 e. The van der Waals surface area contributed by atoms with Crippen LogP contribution in [0.2, 0.25) is 0 Å². The maximum atomic E-state index is 12.8. The van der Waals surface area contributed by atoms with Gasteiger partial charge in [-0.25, -0.2) is 4.39 Å². The van der Waals surface area contributed by atoms with Gasteiger partial charge in [-0.05, 0) is 31.2 Å². The first-order valence-electron chi connectivity index (χ1n) is 6.02. The molecular weight excluding hydrogens is 290 g/mol. The Bertz CT molecular complexity index is 364. The van der Waals surface area contributed by atoms with Crippen LogP contribution in [-0.2, 0) is 0 Å². The zero-order valence-electron chi connectivity index (χ0n) is 10.9. The van der Waals surface area contributed by atoms with Gasteiger partial charge in [-0.15, -0.1) is 24.8 Å². The van der Waals surface area contributed by atoms with E-state index in [0.29, 0.717) is 0 Å². The first kappa shape index (κ1) is 18.6. The number of likely N-dealkylation sites (tertiary alicyclic amines) is 1. The molecule has 3 nitrogen and oxygen atoms in total. The number of aliphatic hydroxyl groups excluding tert-OH is 1. The lowest BCUT2D eigenvalue weighted by atomic mass is 10.1. The number of nitrogens with one attached hydrogen (secondary N) is 1. The standard InChI is InChI=1S/C13H19FN2O.2ClH/c1-15-13(9-16-7-6-12(17)8-16)10-2-4-11(14)5-3-10;;/h2-5,12-13,15,17H,6-9H2,1H3;2*1H/t12-,13+;;/m0../s1. The van der Waals surface area contributed by atoms with Gasteiger partial charge in [0.15, 0.2) is 0 Å². The number of hydrogen-bond donors (Lipinski definition) is 2. The van der Waals surface area contributed by atoms with Crippen LogP contribution in [0.1, 0.15) is 18.0 Å². The predicted octanol–water partition coefficient (Wildman–Crippen LogP) is 2.00. The Kier molecular flexibility index (Phi) is 8.54. The number of aliphatic hydroxyl groups is 1. The highest BCUT2D eigenvalue weighted by Gasteiger charge is 2.22. The lowest BCUT2D eigenvalue weighted by Crippen LogP contribution is -2.33. The minimum atomic E-state index is -0.208. The van der Waals surface area contributed by atoms with Crippen LogP contribution < -0.4 is 5.32 Å². The molecule has 1 heterocycles. The van der Waals surface area contributed by atoms with Gasteiger partial charge in [0.2, 0.25) is 0 Å². The second-order valence-electron chi connectivity index (χ2n) is 4.59. The van der Waals surface area contributed by atoms with Crippen molar-refractivity contribution in [2.75, 3.05) is 26.7 Å². The molecule has 19 heavy (non-hydrogen) atoms. The lowest BCUT2D eigenvalue weighted by molar-refractivity contribution is 0.173. The molecule has 1 fully saturated rings. The number of β-amino-alcohol motifs (C(OH)–C–C–N with tert-alkyl or cyclic N) is 1. The number of halogens is 3. The van der Waals surface area contributed by atoms with Crippen molar-refractivity contribution < 1.29 is 9.50 Å². The minimum Gasteiger partial charge on any atom is -0.392 e. The van der Waals surface area contributed by atoms with Crippen molar-refractivity contribution in [3.05, 3.63) is 35.6 Å². The molecule has 0 aromatic heterocycles. The van der Waals surface area contributed by atoms with Crippen molar-refractivity contribution in [2.24, 2.45) is 0 Å². The normalized spacial score (nSPS) is 20.5. The van der Waals surface area contributed by atoms with Crippen LogP contribution in [0, 0.1) is 5.82 Å². The Labute approximate surface area is 126 Å². The molecule has 1 aromatic carbocycles. The van der Waals surface area contributed by atoms with Crippen molar-refractivity contribution in [3.8, 4) is 0 Å². The van der Waals surface area contributed by atoms with Gasteiger partial charge in [0, 0.05) is 25.7 Å². The molecule has 110 valence electrons. The van der Waals surface area contributed by atoms with Gasteiger partial charge in [-0.2, -0.15) is 0 Å². The SMILES string of the molecule is CN[C@H](CN1CC[C@H](O)C1)c1ccc(F)cc1.Cl.Cl. The molecule has 6 heteroatoms. The third kappa shape index (κ3) is 5.24. The second kappa shape index (κ2) is 8.72. The fourth-order valence-electron chi connectivity index (χ4n) is 2.29. The molecule has 2 atom stereocenters. The van der Waals surface area contributed by atoms with Crippen molar-refractivity contribution in [3.63, 3.8) is 0 Å². The number of benzene rings is 1. The van der Waals surface area contributed by atoms with Crippen LogP contribution in [0.3, 0.4) is 0 Å². The van der Waals surface area contributed by atoms with Gasteiger partial charge in [0.25, 0.3) is 0 Å². The third-order valence-corrected chi connectivity index (χ3v) is 3.31. The summed E-state index contributed by atoms with van der Waals surface area (Å²) in [4.78, 5) is 2.23. The summed E-state index contributed by atoms with van der Waals surface area (Å²) < 4.78 is 12.8. The summed E-state index contributed by atoms with van der Waals surface area (Å²) in [7, 11) is 1.90. The highest BCUT2D eigenvalue weighted by atomic mass is 35.5. The van der Waals surface area contributed by atoms with Gasteiger partial charge in [0.05, 0.1) is 6.10 Å². The fourth-order valence-corrected chi connectivity index (χ4v) is 2.29. The van der Waals surface area contributed by atoms with Crippen molar-refractivity contribution in [1.29, 1.82) is 0 Å². The number of nitrogens with zero attached hydrogens (tertiary/aromatic N) is 1. The minimum absolute atomic E-state index is 0. The van der Waals surface area contributed by atoms with E-state index in [4.69, 9.17) is 0 Å². The van der Waals surface area contributed by atoms with Gasteiger partial charge in [-0.1, -0.05) is 12.1 Å². The Morgan fingerprint density at radius 3 is 2.47 bits per heavy atom. The van der Waals surface area contributed by atoms with E-state index in [1.807, 2.05) is 19.2 Å². The molecule has 1 aliphatic heterocycles. The largest absolute Gasteiger partial charge is 0.392 e. The monoisotopic (exact) mass is 310 g/mol. The molecule has 1 aliphatic rings. The van der Waals surface area contributed by atoms with Gasteiger partial charge >= 0.3 is 0 Å². The Morgan fingerprint density at radius 2 is 2.00 bits per heavy atom. The maximum Gasteiger partial charge on any atom is 0.123 e. The fraction of sp³-hybridized carbons (Fsp3) is 0.538. The zero-order valence-corrected chi connectivity index (χ0v) is 12.5. The average Bonchev–Trinajstić information content (AvgIpc) is 2.73. The summed E-state index contributed by atoms with van der Waals surface area (Å²) in [5, 5.41) is 12.7. The van der Waals surface area contributed by atoms with Crippen LogP contribution in [0.5, 0.6) is 0 Å². The van der Waals surface area contributed by atoms with E-state index in [-0.39, 0.29) is 42.8 Å². The van der Waals surface area contributed by atoms with Crippen LogP contribution >= 0.6 is 24.8 Å². The summed E-state index contributed by atoms with van der Waals surface area (Å²) in [5.74, 6) is -0.208. The quantitative estimate of drug-likeness (QED) is 0.893. The molecule has 0 aliphatic carbocycles. The van der Waals surface area contributed by atoms with E-state index in [1.54, 1.807) is 0 Å². The molecular formula is C13H21Cl2FN2O. The summed E-state index contributed by atoms with van der Waals surface area (Å²) in [5.41, 5.74) is 1.08. The molecule has 0 amide bonds. The lowest BCUT2D eigenvalue weighted by Gasteiger charge is -2.23. The summed E-state index contributed by atoms with van der Waals surface area (Å²) in [6.45, 7) is 2.51. The van der Waals surface area contributed by atoms with E-state index in [9.17, 15) is 9.50 Å². The number of hydrogen-bond acceptors (Lipinski definition) is 3. The van der Waals surface area contributed by atoms with E-state index in [0.717, 1.165) is 31.6 Å². The molecule has 0 unspecified atom stereocenters. The Hall–Kier alpha value is -0.390.